The zero-order chi connectivity index (χ0) is 16.0. The number of rotatable bonds is 6. The van der Waals surface area contributed by atoms with Crippen molar-refractivity contribution in [2.75, 3.05) is 7.11 Å². The Morgan fingerprint density at radius 2 is 1.76 bits per heavy atom. The molecular formula is C15H25NO5. The average Bonchev–Trinajstić information content (AvgIpc) is 2.45. The van der Waals surface area contributed by atoms with Crippen molar-refractivity contribution in [1.29, 1.82) is 0 Å². The number of hydrogen-bond acceptors (Lipinski definition) is 4. The summed E-state index contributed by atoms with van der Waals surface area (Å²) in [5, 5.41) is 11.9. The van der Waals surface area contributed by atoms with E-state index < -0.39 is 29.8 Å². The van der Waals surface area contributed by atoms with Crippen molar-refractivity contribution < 1.29 is 24.2 Å². The zero-order valence-corrected chi connectivity index (χ0v) is 12.9. The lowest BCUT2D eigenvalue weighted by molar-refractivity contribution is -0.150. The Balaban J connectivity index is 2.74. The van der Waals surface area contributed by atoms with Gasteiger partial charge in [-0.15, -0.1) is 0 Å². The molecule has 0 aromatic rings. The quantitative estimate of drug-likeness (QED) is 0.726. The van der Waals surface area contributed by atoms with Crippen LogP contribution < -0.4 is 5.32 Å². The third kappa shape index (κ3) is 5.02. The minimum atomic E-state index is -0.937. The summed E-state index contributed by atoms with van der Waals surface area (Å²) in [6.45, 7) is 3.89. The highest BCUT2D eigenvalue weighted by Crippen LogP contribution is 2.30. The summed E-state index contributed by atoms with van der Waals surface area (Å²) >= 11 is 0. The largest absolute Gasteiger partial charge is 0.481 e. The number of hydrogen-bond donors (Lipinski definition) is 2. The lowest BCUT2D eigenvalue weighted by atomic mass is 9.78. The van der Waals surface area contributed by atoms with Gasteiger partial charge in [-0.2, -0.15) is 0 Å². The van der Waals surface area contributed by atoms with Crippen LogP contribution in [0.2, 0.25) is 0 Å². The lowest BCUT2D eigenvalue weighted by Gasteiger charge is -2.29. The predicted octanol–water partition coefficient (Wildman–Crippen LogP) is 1.58. The number of nitrogens with one attached hydrogen (secondary N) is 1. The van der Waals surface area contributed by atoms with E-state index in [1.165, 1.54) is 7.11 Å². The summed E-state index contributed by atoms with van der Waals surface area (Å²) in [5.74, 6) is -2.77. The molecule has 0 aromatic carbocycles. The number of carbonyl (C=O) groups excluding carboxylic acids is 2. The van der Waals surface area contributed by atoms with Crippen LogP contribution in [0.1, 0.15) is 46.0 Å². The topological polar surface area (TPSA) is 92.7 Å². The third-order valence-electron chi connectivity index (χ3n) is 3.93. The Morgan fingerprint density at radius 1 is 1.19 bits per heavy atom. The van der Waals surface area contributed by atoms with Crippen LogP contribution >= 0.6 is 0 Å². The molecule has 0 radical (unpaired) electrons. The molecule has 1 fully saturated rings. The highest BCUT2D eigenvalue weighted by Gasteiger charge is 2.37. The molecule has 1 amide bonds. The first-order valence-electron chi connectivity index (χ1n) is 7.47. The first kappa shape index (κ1) is 17.5. The molecule has 0 bridgehead atoms. The second-order valence-electron chi connectivity index (χ2n) is 6.05. The van der Waals surface area contributed by atoms with E-state index in [0.717, 1.165) is 12.8 Å². The number of methoxy groups -OCH3 is 1. The number of aliphatic carboxylic acids is 1. The molecule has 0 aliphatic heterocycles. The lowest BCUT2D eigenvalue weighted by Crippen LogP contribution is -2.47. The van der Waals surface area contributed by atoms with Crippen molar-refractivity contribution in [2.45, 2.75) is 52.0 Å². The molecular weight excluding hydrogens is 274 g/mol. The maximum atomic E-state index is 12.3. The second-order valence-corrected chi connectivity index (χ2v) is 6.05. The molecule has 1 rings (SSSR count). The smallest absolute Gasteiger partial charge is 0.328 e. The van der Waals surface area contributed by atoms with Gasteiger partial charge < -0.3 is 15.2 Å². The van der Waals surface area contributed by atoms with E-state index >= 15 is 0 Å². The Morgan fingerprint density at radius 3 is 2.24 bits per heavy atom. The van der Waals surface area contributed by atoms with E-state index in [-0.39, 0.29) is 11.8 Å². The van der Waals surface area contributed by atoms with E-state index in [1.54, 1.807) is 0 Å². The van der Waals surface area contributed by atoms with Crippen molar-refractivity contribution in [2.24, 2.45) is 17.8 Å². The number of amides is 1. The molecule has 1 aliphatic carbocycles. The summed E-state index contributed by atoms with van der Waals surface area (Å²) in [5.41, 5.74) is 0. The molecule has 3 atom stereocenters. The molecule has 1 saturated carbocycles. The monoisotopic (exact) mass is 299 g/mol. The first-order valence-corrected chi connectivity index (χ1v) is 7.47. The SMILES string of the molecule is COC(=O)C(CC(C)C)NC(=O)C1CCCCC1C(=O)O. The minimum Gasteiger partial charge on any atom is -0.481 e. The van der Waals surface area contributed by atoms with Crippen LogP contribution in [0.4, 0.5) is 0 Å². The third-order valence-corrected chi connectivity index (χ3v) is 3.93. The second kappa shape index (κ2) is 8.00. The van der Waals surface area contributed by atoms with Gasteiger partial charge in [0.2, 0.25) is 5.91 Å². The molecule has 0 aromatic heterocycles. The standard InChI is InChI=1S/C15H25NO5/c1-9(2)8-12(15(20)21-3)16-13(17)10-6-4-5-7-11(10)14(18)19/h9-12H,4-8H2,1-3H3,(H,16,17)(H,18,19). The van der Waals surface area contributed by atoms with Gasteiger partial charge in [0.15, 0.2) is 0 Å². The highest BCUT2D eigenvalue weighted by molar-refractivity contribution is 5.88. The Bertz CT molecular complexity index is 394. The van der Waals surface area contributed by atoms with Crippen LogP contribution in [0.3, 0.4) is 0 Å². The molecule has 0 spiro atoms. The summed E-state index contributed by atoms with van der Waals surface area (Å²) in [6.07, 6.45) is 3.21. The van der Waals surface area contributed by atoms with E-state index in [2.05, 4.69) is 5.32 Å². The van der Waals surface area contributed by atoms with Gasteiger partial charge >= 0.3 is 11.9 Å². The van der Waals surface area contributed by atoms with E-state index in [1.807, 2.05) is 13.8 Å². The zero-order valence-electron chi connectivity index (χ0n) is 12.9. The normalized spacial score (nSPS) is 23.4. The van der Waals surface area contributed by atoms with Gasteiger partial charge in [0.25, 0.3) is 0 Å². The van der Waals surface area contributed by atoms with Crippen molar-refractivity contribution in [1.82, 2.24) is 5.32 Å². The van der Waals surface area contributed by atoms with Gasteiger partial charge in [-0.25, -0.2) is 4.79 Å². The molecule has 1 aliphatic rings. The number of carbonyl (C=O) groups is 3. The molecule has 120 valence electrons. The summed E-state index contributed by atoms with van der Waals surface area (Å²) in [4.78, 5) is 35.3. The first-order chi connectivity index (χ1) is 9.86. The maximum Gasteiger partial charge on any atom is 0.328 e. The predicted molar refractivity (Wildman–Crippen MR) is 76.5 cm³/mol. The number of ether oxygens (including phenoxy) is 1. The van der Waals surface area contributed by atoms with Gasteiger partial charge in [0.1, 0.15) is 6.04 Å². The van der Waals surface area contributed by atoms with Crippen molar-refractivity contribution >= 4 is 17.8 Å². The van der Waals surface area contributed by atoms with Gasteiger partial charge in [-0.1, -0.05) is 26.7 Å². The van der Waals surface area contributed by atoms with E-state index in [4.69, 9.17) is 4.74 Å². The van der Waals surface area contributed by atoms with Crippen LogP contribution in [0, 0.1) is 17.8 Å². The van der Waals surface area contributed by atoms with Gasteiger partial charge in [0, 0.05) is 0 Å². The Kier molecular flexibility index (Phi) is 6.65. The number of esters is 1. The van der Waals surface area contributed by atoms with Crippen molar-refractivity contribution in [3.63, 3.8) is 0 Å². The fourth-order valence-corrected chi connectivity index (χ4v) is 2.85. The van der Waals surface area contributed by atoms with Gasteiger partial charge in [-0.3, -0.25) is 9.59 Å². The fourth-order valence-electron chi connectivity index (χ4n) is 2.85. The van der Waals surface area contributed by atoms with E-state index in [0.29, 0.717) is 19.3 Å². The average molecular weight is 299 g/mol. The van der Waals surface area contributed by atoms with E-state index in [9.17, 15) is 19.5 Å². The Hall–Kier alpha value is -1.59. The summed E-state index contributed by atoms with van der Waals surface area (Å²) < 4.78 is 4.71. The minimum absolute atomic E-state index is 0.219. The molecule has 0 heterocycles. The maximum absolute atomic E-state index is 12.3. The molecule has 0 saturated heterocycles. The molecule has 21 heavy (non-hydrogen) atoms. The van der Waals surface area contributed by atoms with Gasteiger partial charge in [0.05, 0.1) is 18.9 Å². The fraction of sp³-hybridized carbons (Fsp3) is 0.800. The molecule has 6 heteroatoms. The van der Waals surface area contributed by atoms with Crippen LogP contribution in [0.15, 0.2) is 0 Å². The Labute approximate surface area is 125 Å². The summed E-state index contributed by atoms with van der Waals surface area (Å²) in [6, 6.07) is -0.709. The van der Waals surface area contributed by atoms with Crippen LogP contribution in [-0.4, -0.2) is 36.1 Å². The highest BCUT2D eigenvalue weighted by atomic mass is 16.5. The van der Waals surface area contributed by atoms with Crippen molar-refractivity contribution in [3.05, 3.63) is 0 Å². The van der Waals surface area contributed by atoms with Crippen LogP contribution in [-0.2, 0) is 19.1 Å². The number of carboxylic acids is 1. The van der Waals surface area contributed by atoms with Crippen molar-refractivity contribution in [3.8, 4) is 0 Å². The molecule has 3 unspecified atom stereocenters. The molecule has 2 N–H and O–H groups in total. The summed E-state index contributed by atoms with van der Waals surface area (Å²) in [7, 11) is 1.28. The number of carboxylic acid groups (broad SMARTS) is 1. The van der Waals surface area contributed by atoms with Gasteiger partial charge in [-0.05, 0) is 25.2 Å². The molecule has 6 nitrogen and oxygen atoms in total. The van der Waals surface area contributed by atoms with Crippen LogP contribution in [0.25, 0.3) is 0 Å². The van der Waals surface area contributed by atoms with Crippen LogP contribution in [0.5, 0.6) is 0 Å².